The molecule has 1 saturated heterocycles. The molecule has 1 aromatic carbocycles. The fraction of sp³-hybridized carbons (Fsp3) is 0.611. The van der Waals surface area contributed by atoms with E-state index in [1.807, 2.05) is 6.07 Å². The van der Waals surface area contributed by atoms with E-state index in [2.05, 4.69) is 27.4 Å². The largest absolute Gasteiger partial charge is 0.356 e. The standard InChI is InChI=1S/C18H29FN4.HI/c1-15-5-4-11-23(14-15)12-10-22-18(20-2)21-9-8-16-6-3-7-17(19)13-16;/h3,6-7,13,15H,4-5,8-12,14H2,1-2H3,(H2,20,21,22);1H. The molecule has 0 aliphatic carbocycles. The summed E-state index contributed by atoms with van der Waals surface area (Å²) in [6, 6.07) is 6.74. The molecule has 2 N–H and O–H groups in total. The number of nitrogens with one attached hydrogen (secondary N) is 2. The molecule has 0 bridgehead atoms. The molecule has 1 unspecified atom stereocenters. The maximum absolute atomic E-state index is 13.1. The minimum atomic E-state index is -0.180. The molecule has 0 spiro atoms. The van der Waals surface area contributed by atoms with E-state index in [4.69, 9.17) is 0 Å². The molecule has 1 aliphatic rings. The Morgan fingerprint density at radius 1 is 1.33 bits per heavy atom. The number of rotatable bonds is 6. The van der Waals surface area contributed by atoms with Gasteiger partial charge in [-0.25, -0.2) is 4.39 Å². The van der Waals surface area contributed by atoms with Crippen LogP contribution in [0.15, 0.2) is 29.3 Å². The van der Waals surface area contributed by atoms with Crippen LogP contribution in [0, 0.1) is 11.7 Å². The summed E-state index contributed by atoms with van der Waals surface area (Å²) in [4.78, 5) is 6.75. The Hall–Kier alpha value is -0.890. The highest BCUT2D eigenvalue weighted by Crippen LogP contribution is 2.14. The quantitative estimate of drug-likeness (QED) is 0.400. The Morgan fingerprint density at radius 3 is 2.83 bits per heavy atom. The second-order valence-electron chi connectivity index (χ2n) is 6.35. The second-order valence-corrected chi connectivity index (χ2v) is 6.35. The molecule has 24 heavy (non-hydrogen) atoms. The maximum atomic E-state index is 13.1. The molecule has 1 aliphatic heterocycles. The van der Waals surface area contributed by atoms with Crippen LogP contribution in [0.4, 0.5) is 4.39 Å². The van der Waals surface area contributed by atoms with E-state index >= 15 is 0 Å². The predicted molar refractivity (Wildman–Crippen MR) is 110 cm³/mol. The van der Waals surface area contributed by atoms with Crippen molar-refractivity contribution in [3.05, 3.63) is 35.6 Å². The Kier molecular flexibility index (Phi) is 10.2. The average molecular weight is 448 g/mol. The van der Waals surface area contributed by atoms with Crippen LogP contribution in [0.1, 0.15) is 25.3 Å². The van der Waals surface area contributed by atoms with Gasteiger partial charge in [-0.05, 0) is 49.4 Å². The van der Waals surface area contributed by atoms with Crippen LogP contribution in [0.2, 0.25) is 0 Å². The first-order valence-electron chi connectivity index (χ1n) is 8.58. The third kappa shape index (κ3) is 7.79. The van der Waals surface area contributed by atoms with Gasteiger partial charge in [0.15, 0.2) is 5.96 Å². The molecule has 0 aromatic heterocycles. The van der Waals surface area contributed by atoms with Gasteiger partial charge in [-0.3, -0.25) is 4.99 Å². The summed E-state index contributed by atoms with van der Waals surface area (Å²) in [5, 5.41) is 6.63. The number of nitrogens with zero attached hydrogens (tertiary/aromatic N) is 2. The summed E-state index contributed by atoms with van der Waals surface area (Å²) in [7, 11) is 1.78. The zero-order chi connectivity index (χ0) is 16.5. The van der Waals surface area contributed by atoms with Crippen molar-refractivity contribution in [1.82, 2.24) is 15.5 Å². The highest BCUT2D eigenvalue weighted by molar-refractivity contribution is 14.0. The zero-order valence-corrected chi connectivity index (χ0v) is 17.1. The Bertz CT molecular complexity index is 510. The van der Waals surface area contributed by atoms with Crippen molar-refractivity contribution in [2.75, 3.05) is 39.8 Å². The van der Waals surface area contributed by atoms with Gasteiger partial charge >= 0.3 is 0 Å². The molecule has 1 aromatic rings. The molecule has 6 heteroatoms. The van der Waals surface area contributed by atoms with Gasteiger partial charge in [-0.15, -0.1) is 24.0 Å². The van der Waals surface area contributed by atoms with E-state index in [0.29, 0.717) is 0 Å². The van der Waals surface area contributed by atoms with Gasteiger partial charge in [0.25, 0.3) is 0 Å². The lowest BCUT2D eigenvalue weighted by Crippen LogP contribution is -2.44. The van der Waals surface area contributed by atoms with Crippen molar-refractivity contribution in [2.24, 2.45) is 10.9 Å². The lowest BCUT2D eigenvalue weighted by atomic mass is 10.0. The lowest BCUT2D eigenvalue weighted by molar-refractivity contribution is 0.187. The predicted octanol–water partition coefficient (Wildman–Crippen LogP) is 2.88. The molecule has 0 amide bonds. The normalized spacial score (nSPS) is 18.8. The van der Waals surface area contributed by atoms with Crippen LogP contribution in [0.3, 0.4) is 0 Å². The first-order chi connectivity index (χ1) is 11.2. The molecule has 1 atom stereocenters. The van der Waals surface area contributed by atoms with Crippen LogP contribution >= 0.6 is 24.0 Å². The summed E-state index contributed by atoms with van der Waals surface area (Å²) in [5.74, 6) is 1.44. The van der Waals surface area contributed by atoms with E-state index < -0.39 is 0 Å². The van der Waals surface area contributed by atoms with E-state index in [1.54, 1.807) is 19.2 Å². The number of likely N-dealkylation sites (tertiary alicyclic amines) is 1. The van der Waals surface area contributed by atoms with E-state index in [1.165, 1.54) is 32.0 Å². The molecular formula is C18H30FIN4. The monoisotopic (exact) mass is 448 g/mol. The molecule has 136 valence electrons. The molecule has 1 heterocycles. The van der Waals surface area contributed by atoms with Gasteiger partial charge in [0.1, 0.15) is 5.82 Å². The summed E-state index contributed by atoms with van der Waals surface area (Å²) in [5.41, 5.74) is 0.996. The fourth-order valence-electron chi connectivity index (χ4n) is 3.06. The number of hydrogen-bond donors (Lipinski definition) is 2. The van der Waals surface area contributed by atoms with E-state index in [-0.39, 0.29) is 29.8 Å². The fourth-order valence-corrected chi connectivity index (χ4v) is 3.06. The smallest absolute Gasteiger partial charge is 0.191 e. The third-order valence-electron chi connectivity index (χ3n) is 4.28. The van der Waals surface area contributed by atoms with Gasteiger partial charge in [-0.2, -0.15) is 0 Å². The van der Waals surface area contributed by atoms with Crippen LogP contribution in [0.25, 0.3) is 0 Å². The van der Waals surface area contributed by atoms with Gasteiger partial charge in [0, 0.05) is 33.2 Å². The van der Waals surface area contributed by atoms with Crippen LogP contribution < -0.4 is 10.6 Å². The van der Waals surface area contributed by atoms with Crippen molar-refractivity contribution in [2.45, 2.75) is 26.2 Å². The van der Waals surface area contributed by atoms with Gasteiger partial charge < -0.3 is 15.5 Å². The highest BCUT2D eigenvalue weighted by atomic mass is 127. The Morgan fingerprint density at radius 2 is 2.12 bits per heavy atom. The maximum Gasteiger partial charge on any atom is 0.191 e. The molecule has 0 saturated carbocycles. The molecule has 4 nitrogen and oxygen atoms in total. The number of benzene rings is 1. The first kappa shape index (κ1) is 21.2. The van der Waals surface area contributed by atoms with Crippen LogP contribution in [-0.2, 0) is 6.42 Å². The number of aliphatic imine (C=N–C) groups is 1. The summed E-state index contributed by atoms with van der Waals surface area (Å²) in [6.45, 7) is 7.42. The Balaban J connectivity index is 0.00000288. The summed E-state index contributed by atoms with van der Waals surface area (Å²) < 4.78 is 13.1. The van der Waals surface area contributed by atoms with E-state index in [0.717, 1.165) is 43.5 Å². The summed E-state index contributed by atoms with van der Waals surface area (Å²) >= 11 is 0. The van der Waals surface area contributed by atoms with Crippen LogP contribution in [0.5, 0.6) is 0 Å². The molecule has 0 radical (unpaired) electrons. The SMILES string of the molecule is CN=C(NCCc1cccc(F)c1)NCCN1CCCC(C)C1.I. The molecule has 2 rings (SSSR count). The second kappa shape index (κ2) is 11.6. The van der Waals surface area contributed by atoms with Gasteiger partial charge in [0.2, 0.25) is 0 Å². The van der Waals surface area contributed by atoms with Crippen LogP contribution in [-0.4, -0.2) is 50.6 Å². The number of piperidine rings is 1. The van der Waals surface area contributed by atoms with Gasteiger partial charge in [-0.1, -0.05) is 19.1 Å². The van der Waals surface area contributed by atoms with Crippen molar-refractivity contribution < 1.29 is 4.39 Å². The average Bonchev–Trinajstić information content (AvgIpc) is 2.53. The lowest BCUT2D eigenvalue weighted by Gasteiger charge is -2.30. The molecular weight excluding hydrogens is 418 g/mol. The highest BCUT2D eigenvalue weighted by Gasteiger charge is 2.15. The summed E-state index contributed by atoms with van der Waals surface area (Å²) in [6.07, 6.45) is 3.44. The minimum Gasteiger partial charge on any atom is -0.356 e. The van der Waals surface area contributed by atoms with Crippen molar-refractivity contribution >= 4 is 29.9 Å². The van der Waals surface area contributed by atoms with Gasteiger partial charge in [0.05, 0.1) is 0 Å². The Labute approximate surface area is 162 Å². The topological polar surface area (TPSA) is 39.7 Å². The van der Waals surface area contributed by atoms with Crippen molar-refractivity contribution in [1.29, 1.82) is 0 Å². The van der Waals surface area contributed by atoms with Crippen molar-refractivity contribution in [3.63, 3.8) is 0 Å². The third-order valence-corrected chi connectivity index (χ3v) is 4.28. The number of halogens is 2. The minimum absolute atomic E-state index is 0. The number of hydrogen-bond acceptors (Lipinski definition) is 2. The van der Waals surface area contributed by atoms with Crippen molar-refractivity contribution in [3.8, 4) is 0 Å². The first-order valence-corrected chi connectivity index (χ1v) is 8.58. The zero-order valence-electron chi connectivity index (χ0n) is 14.7. The molecule has 1 fully saturated rings. The van der Waals surface area contributed by atoms with E-state index in [9.17, 15) is 4.39 Å². The number of guanidine groups is 1.